The third-order valence-corrected chi connectivity index (χ3v) is 2.83. The van der Waals surface area contributed by atoms with E-state index in [0.717, 1.165) is 0 Å². The third-order valence-electron chi connectivity index (χ3n) is 2.83. The fraction of sp³-hybridized carbons (Fsp3) is 0.176. The molecule has 0 radical (unpaired) electrons. The van der Waals surface area contributed by atoms with Crippen LogP contribution in [0.2, 0.25) is 0 Å². The van der Waals surface area contributed by atoms with Crippen molar-refractivity contribution < 1.29 is 50.9 Å². The van der Waals surface area contributed by atoms with Crippen molar-refractivity contribution in [2.75, 3.05) is 0 Å². The first kappa shape index (κ1) is 22.8. The molecule has 0 atom stereocenters. The van der Waals surface area contributed by atoms with E-state index in [2.05, 4.69) is 0 Å². The number of carbonyl (C=O) groups is 2. The van der Waals surface area contributed by atoms with E-state index in [9.17, 15) is 35.9 Å². The maximum atomic E-state index is 11.0. The number of hydrogen-bond donors (Lipinski definition) is 2. The molecule has 0 fully saturated rings. The molecule has 0 spiro atoms. The highest BCUT2D eigenvalue weighted by Crippen LogP contribution is 2.31. The normalized spacial score (nSPS) is 11.2. The summed E-state index contributed by atoms with van der Waals surface area (Å²) in [5.74, 6) is -1.78. The first-order valence-corrected chi connectivity index (χ1v) is 7.25. The summed E-state index contributed by atoms with van der Waals surface area (Å²) in [5, 5.41) is 17.9. The molecule has 0 bridgehead atoms. The van der Waals surface area contributed by atoms with Crippen molar-refractivity contribution in [2.24, 2.45) is 0 Å². The van der Waals surface area contributed by atoms with E-state index in [0.29, 0.717) is 5.75 Å². The van der Waals surface area contributed by atoms with Gasteiger partial charge in [0, 0.05) is 0 Å². The zero-order valence-corrected chi connectivity index (χ0v) is 13.7. The number of carboxylic acid groups (broad SMARTS) is 2. The quantitative estimate of drug-likeness (QED) is 0.662. The number of aromatic carboxylic acids is 2. The minimum atomic E-state index is -5.14. The fourth-order valence-electron chi connectivity index (χ4n) is 1.80. The Morgan fingerprint density at radius 2 is 1.25 bits per heavy atom. The lowest BCUT2D eigenvalue weighted by Gasteiger charge is -2.08. The molecule has 152 valence electrons. The van der Waals surface area contributed by atoms with Gasteiger partial charge in [0.1, 0.15) is 17.9 Å². The van der Waals surface area contributed by atoms with Crippen LogP contribution in [0.5, 0.6) is 11.5 Å². The maximum absolute atomic E-state index is 11.0. The van der Waals surface area contributed by atoms with Gasteiger partial charge in [0.2, 0.25) is 0 Å². The van der Waals surface area contributed by atoms with Crippen LogP contribution in [0.3, 0.4) is 0 Å². The predicted molar refractivity (Wildman–Crippen MR) is 83.6 cm³/mol. The minimum Gasteiger partial charge on any atom is -0.478 e. The highest BCUT2D eigenvalue weighted by molar-refractivity contribution is 6.02. The predicted octanol–water partition coefficient (Wildman–Crippen LogP) is 5.38. The molecule has 0 saturated heterocycles. The van der Waals surface area contributed by atoms with Crippen molar-refractivity contribution in [3.8, 4) is 11.5 Å². The molecule has 0 aliphatic carbocycles. The number of hydrogen-bond acceptors (Lipinski definition) is 3. The average Bonchev–Trinajstić information content (AvgIpc) is 2.52. The molecule has 0 unspecified atom stereocenters. The van der Waals surface area contributed by atoms with Crippen LogP contribution in [-0.4, -0.2) is 34.5 Å². The lowest BCUT2D eigenvalue weighted by atomic mass is 10.1. The molecule has 11 heteroatoms. The summed E-state index contributed by atoms with van der Waals surface area (Å²) in [6, 6.07) is 12.6. The highest BCUT2D eigenvalue weighted by atomic mass is 19.4. The Hall–Kier alpha value is -3.24. The maximum Gasteiger partial charge on any atom is 0.397 e. The Balaban J connectivity index is 0.000000370. The standard InChI is InChI=1S/C14H10O5.C3H2F6/c15-13(16)11-7-6-10(8-12(11)14(17)18)19-9-4-2-1-3-5-9;4-2(5,6)1-3(7,8)9/h1-8H,(H,15,16)(H,17,18);1H2. The molecule has 0 aromatic heterocycles. The Morgan fingerprint density at radius 1 is 0.750 bits per heavy atom. The Morgan fingerprint density at radius 3 is 1.64 bits per heavy atom. The molecule has 28 heavy (non-hydrogen) atoms. The van der Waals surface area contributed by atoms with Crippen LogP contribution in [0.25, 0.3) is 0 Å². The second-order valence-electron chi connectivity index (χ2n) is 5.14. The van der Waals surface area contributed by atoms with Gasteiger partial charge in [-0.05, 0) is 30.3 Å². The van der Waals surface area contributed by atoms with Gasteiger partial charge in [0.25, 0.3) is 0 Å². The van der Waals surface area contributed by atoms with Gasteiger partial charge in [-0.25, -0.2) is 9.59 Å². The summed E-state index contributed by atoms with van der Waals surface area (Å²) in [6.45, 7) is 0. The van der Waals surface area contributed by atoms with Gasteiger partial charge >= 0.3 is 24.3 Å². The van der Waals surface area contributed by atoms with Crippen LogP contribution in [0, 0.1) is 0 Å². The number of benzene rings is 2. The summed E-state index contributed by atoms with van der Waals surface area (Å²) >= 11 is 0. The molecule has 0 amide bonds. The molecule has 0 aliphatic heterocycles. The Bertz CT molecular complexity index is 803. The van der Waals surface area contributed by atoms with Gasteiger partial charge in [-0.15, -0.1) is 0 Å². The zero-order chi connectivity index (χ0) is 21.5. The van der Waals surface area contributed by atoms with E-state index >= 15 is 0 Å². The minimum absolute atomic E-state index is 0.270. The summed E-state index contributed by atoms with van der Waals surface area (Å²) in [4.78, 5) is 21.9. The molecule has 0 aliphatic rings. The van der Waals surface area contributed by atoms with Crippen molar-refractivity contribution in [3.05, 3.63) is 59.7 Å². The Labute approximate surface area is 153 Å². The van der Waals surface area contributed by atoms with Crippen molar-refractivity contribution in [1.29, 1.82) is 0 Å². The molecule has 2 N–H and O–H groups in total. The van der Waals surface area contributed by atoms with Gasteiger partial charge in [-0.2, -0.15) is 26.3 Å². The second-order valence-corrected chi connectivity index (χ2v) is 5.14. The summed E-state index contributed by atoms with van der Waals surface area (Å²) in [6.07, 6.45) is -13.0. The molecule has 0 heterocycles. The topological polar surface area (TPSA) is 83.8 Å². The summed E-state index contributed by atoms with van der Waals surface area (Å²) in [7, 11) is 0. The first-order chi connectivity index (χ1) is 12.8. The van der Waals surface area contributed by atoms with Crippen molar-refractivity contribution in [3.63, 3.8) is 0 Å². The van der Waals surface area contributed by atoms with Crippen LogP contribution in [-0.2, 0) is 0 Å². The molecule has 2 aromatic carbocycles. The van der Waals surface area contributed by atoms with Gasteiger partial charge in [0.05, 0.1) is 11.1 Å². The average molecular weight is 410 g/mol. The SMILES string of the molecule is FC(F)(F)CC(F)(F)F.O=C(O)c1ccc(Oc2ccccc2)cc1C(=O)O. The Kier molecular flexibility index (Phi) is 7.42. The summed E-state index contributed by atoms with van der Waals surface area (Å²) in [5.41, 5.74) is -0.575. The number of alkyl halides is 6. The van der Waals surface area contributed by atoms with E-state index < -0.39 is 30.7 Å². The van der Waals surface area contributed by atoms with Crippen LogP contribution in [0.1, 0.15) is 27.1 Å². The molecule has 0 saturated carbocycles. The van der Waals surface area contributed by atoms with Crippen LogP contribution in [0.4, 0.5) is 26.3 Å². The number of halogens is 6. The molecule has 5 nitrogen and oxygen atoms in total. The third kappa shape index (κ3) is 8.43. The lowest BCUT2D eigenvalue weighted by molar-refractivity contribution is -0.232. The van der Waals surface area contributed by atoms with Crippen molar-refractivity contribution in [1.82, 2.24) is 0 Å². The molecular formula is C17H12F6O5. The number of ether oxygens (including phenoxy) is 1. The number of carboxylic acids is 2. The number of para-hydroxylation sites is 1. The van der Waals surface area contributed by atoms with E-state index in [-0.39, 0.29) is 16.9 Å². The van der Waals surface area contributed by atoms with Crippen molar-refractivity contribution >= 4 is 11.9 Å². The first-order valence-electron chi connectivity index (χ1n) is 7.25. The van der Waals surface area contributed by atoms with E-state index in [1.807, 2.05) is 6.07 Å². The van der Waals surface area contributed by atoms with Crippen LogP contribution < -0.4 is 4.74 Å². The zero-order valence-electron chi connectivity index (χ0n) is 13.7. The van der Waals surface area contributed by atoms with E-state index in [1.165, 1.54) is 18.2 Å². The second kappa shape index (κ2) is 9.11. The van der Waals surface area contributed by atoms with Gasteiger partial charge in [-0.3, -0.25) is 0 Å². The summed E-state index contributed by atoms with van der Waals surface area (Å²) < 4.78 is 70.4. The highest BCUT2D eigenvalue weighted by Gasteiger charge is 2.43. The molecule has 2 aromatic rings. The van der Waals surface area contributed by atoms with Gasteiger partial charge < -0.3 is 14.9 Å². The molecular weight excluding hydrogens is 398 g/mol. The van der Waals surface area contributed by atoms with E-state index in [1.54, 1.807) is 24.3 Å². The van der Waals surface area contributed by atoms with Crippen molar-refractivity contribution in [2.45, 2.75) is 18.8 Å². The molecule has 2 rings (SSSR count). The van der Waals surface area contributed by atoms with Crippen LogP contribution in [0.15, 0.2) is 48.5 Å². The number of rotatable bonds is 4. The van der Waals surface area contributed by atoms with Crippen LogP contribution >= 0.6 is 0 Å². The van der Waals surface area contributed by atoms with E-state index in [4.69, 9.17) is 14.9 Å². The largest absolute Gasteiger partial charge is 0.478 e. The lowest BCUT2D eigenvalue weighted by Crippen LogP contribution is -2.20. The van der Waals surface area contributed by atoms with Gasteiger partial charge in [0.15, 0.2) is 0 Å². The monoisotopic (exact) mass is 410 g/mol. The van der Waals surface area contributed by atoms with Gasteiger partial charge in [-0.1, -0.05) is 18.2 Å². The fourth-order valence-corrected chi connectivity index (χ4v) is 1.80. The smallest absolute Gasteiger partial charge is 0.397 e.